The first-order chi connectivity index (χ1) is 14.8. The molecule has 150 valence electrons. The van der Waals surface area contributed by atoms with Gasteiger partial charge < -0.3 is 10.2 Å². The van der Waals surface area contributed by atoms with E-state index >= 15 is 0 Å². The summed E-state index contributed by atoms with van der Waals surface area (Å²) in [7, 11) is 0. The van der Waals surface area contributed by atoms with Gasteiger partial charge in [0.1, 0.15) is 0 Å². The van der Waals surface area contributed by atoms with Crippen molar-refractivity contribution in [3.63, 3.8) is 0 Å². The molecular formula is C23H23N7. The molecule has 4 aromatic rings. The van der Waals surface area contributed by atoms with Gasteiger partial charge in [-0.05, 0) is 17.7 Å². The lowest BCUT2D eigenvalue weighted by Gasteiger charge is -2.34. The van der Waals surface area contributed by atoms with Crippen molar-refractivity contribution in [3.8, 4) is 0 Å². The first-order valence-electron chi connectivity index (χ1n) is 10.2. The molecule has 30 heavy (non-hydrogen) atoms. The minimum Gasteiger partial charge on any atom is -0.337 e. The lowest BCUT2D eigenvalue weighted by atomic mass is 10.2. The van der Waals surface area contributed by atoms with Gasteiger partial charge in [-0.15, -0.1) is 5.10 Å². The molecule has 1 saturated heterocycles. The van der Waals surface area contributed by atoms with Crippen LogP contribution in [0.25, 0.3) is 10.9 Å². The highest BCUT2D eigenvalue weighted by atomic mass is 15.4. The highest BCUT2D eigenvalue weighted by Gasteiger charge is 2.20. The standard InChI is InChI=1S/C23H23N7/c1-2-6-18(7-3-1)17-29-12-14-30(15-13-29)23-27-21(16-25-28-23)26-20-10-4-8-19-9-5-11-24-22(19)20/h1-11,16H,12-15,17H2,(H,26,27,28). The molecular weight excluding hydrogens is 374 g/mol. The smallest absolute Gasteiger partial charge is 0.247 e. The summed E-state index contributed by atoms with van der Waals surface area (Å²) >= 11 is 0. The minimum absolute atomic E-state index is 0.660. The Morgan fingerprint density at radius 2 is 1.70 bits per heavy atom. The molecule has 0 bridgehead atoms. The maximum absolute atomic E-state index is 4.70. The summed E-state index contributed by atoms with van der Waals surface area (Å²) in [5, 5.41) is 12.9. The van der Waals surface area contributed by atoms with Crippen molar-refractivity contribution in [2.24, 2.45) is 0 Å². The molecule has 1 fully saturated rings. The maximum atomic E-state index is 4.70. The summed E-state index contributed by atoms with van der Waals surface area (Å²) in [6.07, 6.45) is 3.45. The largest absolute Gasteiger partial charge is 0.337 e. The van der Waals surface area contributed by atoms with Crippen LogP contribution in [0.5, 0.6) is 0 Å². The zero-order valence-corrected chi connectivity index (χ0v) is 16.6. The average molecular weight is 397 g/mol. The number of hydrogen-bond acceptors (Lipinski definition) is 7. The van der Waals surface area contributed by atoms with Gasteiger partial charge in [-0.3, -0.25) is 9.88 Å². The Balaban J connectivity index is 1.26. The van der Waals surface area contributed by atoms with Gasteiger partial charge in [0.2, 0.25) is 5.95 Å². The maximum Gasteiger partial charge on any atom is 0.247 e. The summed E-state index contributed by atoms with van der Waals surface area (Å²) in [6.45, 7) is 4.69. The van der Waals surface area contributed by atoms with Crippen molar-refractivity contribution in [2.45, 2.75) is 6.54 Å². The van der Waals surface area contributed by atoms with Crippen molar-refractivity contribution in [1.82, 2.24) is 25.1 Å². The molecule has 1 aliphatic rings. The van der Waals surface area contributed by atoms with Crippen LogP contribution in [0, 0.1) is 0 Å². The van der Waals surface area contributed by atoms with E-state index in [4.69, 9.17) is 4.98 Å². The molecule has 1 N–H and O–H groups in total. The predicted octanol–water partition coefficient (Wildman–Crippen LogP) is 3.49. The molecule has 0 unspecified atom stereocenters. The topological polar surface area (TPSA) is 70.1 Å². The number of benzene rings is 2. The third-order valence-electron chi connectivity index (χ3n) is 5.35. The highest BCUT2D eigenvalue weighted by molar-refractivity contribution is 5.91. The zero-order chi connectivity index (χ0) is 20.2. The fourth-order valence-electron chi connectivity index (χ4n) is 3.78. The molecule has 0 radical (unpaired) electrons. The monoisotopic (exact) mass is 397 g/mol. The first kappa shape index (κ1) is 18.4. The van der Waals surface area contributed by atoms with Crippen LogP contribution in [0.3, 0.4) is 0 Å². The van der Waals surface area contributed by atoms with E-state index in [1.54, 1.807) is 12.4 Å². The second-order valence-corrected chi connectivity index (χ2v) is 7.40. The van der Waals surface area contributed by atoms with Crippen LogP contribution in [0.2, 0.25) is 0 Å². The Bertz CT molecular complexity index is 1120. The first-order valence-corrected chi connectivity index (χ1v) is 10.2. The molecule has 5 rings (SSSR count). The number of aromatic nitrogens is 4. The Kier molecular flexibility index (Phi) is 5.18. The van der Waals surface area contributed by atoms with E-state index < -0.39 is 0 Å². The van der Waals surface area contributed by atoms with E-state index in [0.717, 1.165) is 49.3 Å². The molecule has 0 aliphatic carbocycles. The van der Waals surface area contributed by atoms with Gasteiger partial charge in [0.15, 0.2) is 5.82 Å². The minimum atomic E-state index is 0.660. The summed E-state index contributed by atoms with van der Waals surface area (Å²) in [5.41, 5.74) is 3.17. The second-order valence-electron chi connectivity index (χ2n) is 7.40. The molecule has 0 amide bonds. The molecule has 0 saturated carbocycles. The Morgan fingerprint density at radius 3 is 2.57 bits per heavy atom. The molecule has 7 nitrogen and oxygen atoms in total. The number of nitrogens with one attached hydrogen (secondary N) is 1. The number of hydrogen-bond donors (Lipinski definition) is 1. The highest BCUT2D eigenvalue weighted by Crippen LogP contribution is 2.24. The van der Waals surface area contributed by atoms with Gasteiger partial charge >= 0.3 is 0 Å². The van der Waals surface area contributed by atoms with Crippen LogP contribution in [-0.2, 0) is 6.54 Å². The van der Waals surface area contributed by atoms with Crippen LogP contribution in [0.4, 0.5) is 17.5 Å². The fraction of sp³-hybridized carbons (Fsp3) is 0.217. The summed E-state index contributed by atoms with van der Waals surface area (Å²) in [6, 6.07) is 20.6. The van der Waals surface area contributed by atoms with E-state index in [-0.39, 0.29) is 0 Å². The third kappa shape index (κ3) is 4.06. The summed E-state index contributed by atoms with van der Waals surface area (Å²) in [5.74, 6) is 1.33. The SMILES string of the molecule is c1ccc(CN2CCN(c3nncc(Nc4cccc5cccnc45)n3)CC2)cc1. The van der Waals surface area contributed by atoms with Gasteiger partial charge in [-0.2, -0.15) is 10.1 Å². The molecule has 2 aromatic heterocycles. The average Bonchev–Trinajstić information content (AvgIpc) is 2.81. The van der Waals surface area contributed by atoms with Crippen LogP contribution in [0.15, 0.2) is 73.1 Å². The van der Waals surface area contributed by atoms with Crippen LogP contribution in [-0.4, -0.2) is 51.2 Å². The number of rotatable bonds is 5. The van der Waals surface area contributed by atoms with Crippen LogP contribution in [0.1, 0.15) is 5.56 Å². The Labute approximate surface area is 175 Å². The van der Waals surface area contributed by atoms with E-state index in [1.807, 2.05) is 30.3 Å². The van der Waals surface area contributed by atoms with Crippen molar-refractivity contribution in [3.05, 3.63) is 78.6 Å². The molecule has 0 spiro atoms. The molecule has 2 aromatic carbocycles. The predicted molar refractivity (Wildman–Crippen MR) is 119 cm³/mol. The lowest BCUT2D eigenvalue weighted by Crippen LogP contribution is -2.46. The normalized spacial score (nSPS) is 14.7. The summed E-state index contributed by atoms with van der Waals surface area (Å²) in [4.78, 5) is 13.8. The van der Waals surface area contributed by atoms with Gasteiger partial charge in [-0.1, -0.05) is 48.5 Å². The van der Waals surface area contributed by atoms with Gasteiger partial charge in [0.25, 0.3) is 0 Å². The molecule has 3 heterocycles. The van der Waals surface area contributed by atoms with Crippen molar-refractivity contribution in [2.75, 3.05) is 36.4 Å². The number of piperazine rings is 1. The van der Waals surface area contributed by atoms with E-state index in [1.165, 1.54) is 5.56 Å². The number of nitrogens with zero attached hydrogens (tertiary/aromatic N) is 6. The van der Waals surface area contributed by atoms with E-state index in [0.29, 0.717) is 11.8 Å². The molecule has 0 atom stereocenters. The zero-order valence-electron chi connectivity index (χ0n) is 16.6. The van der Waals surface area contributed by atoms with Gasteiger partial charge in [-0.25, -0.2) is 0 Å². The fourth-order valence-corrected chi connectivity index (χ4v) is 3.78. The number of pyridine rings is 1. The van der Waals surface area contributed by atoms with Crippen LogP contribution >= 0.6 is 0 Å². The third-order valence-corrected chi connectivity index (χ3v) is 5.35. The molecule has 7 heteroatoms. The van der Waals surface area contributed by atoms with E-state index in [9.17, 15) is 0 Å². The summed E-state index contributed by atoms with van der Waals surface area (Å²) < 4.78 is 0. The van der Waals surface area contributed by atoms with Crippen LogP contribution < -0.4 is 10.2 Å². The second kappa shape index (κ2) is 8.42. The van der Waals surface area contributed by atoms with Gasteiger partial charge in [0, 0.05) is 44.3 Å². The number of anilines is 3. The molecule has 1 aliphatic heterocycles. The Morgan fingerprint density at radius 1 is 0.867 bits per heavy atom. The van der Waals surface area contributed by atoms with Crippen molar-refractivity contribution in [1.29, 1.82) is 0 Å². The Hall–Kier alpha value is -3.58. The van der Waals surface area contributed by atoms with Gasteiger partial charge in [0.05, 0.1) is 17.4 Å². The van der Waals surface area contributed by atoms with E-state index in [2.05, 4.69) is 60.6 Å². The van der Waals surface area contributed by atoms with Crippen molar-refractivity contribution >= 4 is 28.4 Å². The van der Waals surface area contributed by atoms with Crippen molar-refractivity contribution < 1.29 is 0 Å². The quantitative estimate of drug-likeness (QED) is 0.553. The lowest BCUT2D eigenvalue weighted by molar-refractivity contribution is 0.248. The number of para-hydroxylation sites is 1. The number of fused-ring (bicyclic) bond motifs is 1.